The molecule has 60 valence electrons. The highest BCUT2D eigenvalue weighted by Gasteiger charge is 2.09. The average Bonchev–Trinajstić information content (AvgIpc) is 2.05. The minimum absolute atomic E-state index is 0.185. The minimum atomic E-state index is -1.23. The third-order valence-electron chi connectivity index (χ3n) is 1.26. The van der Waals surface area contributed by atoms with E-state index in [1.165, 1.54) is 0 Å². The van der Waals surface area contributed by atoms with Gasteiger partial charge in [0.15, 0.2) is 0 Å². The number of carboxylic acids is 1. The first-order valence-electron chi connectivity index (χ1n) is 3.04. The molecule has 4 heteroatoms. The molecule has 0 aliphatic rings. The number of carboxylic acid groups (broad SMARTS) is 1. The van der Waals surface area contributed by atoms with Crippen molar-refractivity contribution in [2.75, 3.05) is 0 Å². The summed E-state index contributed by atoms with van der Waals surface area (Å²) in [6.07, 6.45) is 5.99. The molecular weight excluding hydrogens is 158 g/mol. The van der Waals surface area contributed by atoms with Crippen LogP contribution in [0.15, 0.2) is 12.3 Å². The predicted molar refractivity (Wildman–Crippen MR) is 40.8 cm³/mol. The SMILES string of the molecule is C#Cc1cc(C(=O)O)c(O)cn1. The Morgan fingerprint density at radius 2 is 2.33 bits per heavy atom. The van der Waals surface area contributed by atoms with Gasteiger partial charge in [-0.15, -0.1) is 6.42 Å². The second-order valence-corrected chi connectivity index (χ2v) is 2.04. The summed E-state index contributed by atoms with van der Waals surface area (Å²) in [5.74, 6) is 0.546. The standard InChI is InChI=1S/C8H5NO3/c1-2-5-3-6(8(11)12)7(10)4-9-5/h1,3-4,10H,(H,11,12). The molecule has 1 heterocycles. The number of terminal acetylenes is 1. The van der Waals surface area contributed by atoms with Crippen LogP contribution >= 0.6 is 0 Å². The molecule has 2 N–H and O–H groups in total. The van der Waals surface area contributed by atoms with Gasteiger partial charge in [0.2, 0.25) is 0 Å². The molecule has 1 aromatic rings. The topological polar surface area (TPSA) is 70.4 Å². The molecule has 0 fully saturated rings. The van der Waals surface area contributed by atoms with Crippen LogP contribution in [0.2, 0.25) is 0 Å². The number of hydrogen-bond donors (Lipinski definition) is 2. The van der Waals surface area contributed by atoms with Gasteiger partial charge in [-0.05, 0) is 6.07 Å². The Hall–Kier alpha value is -2.02. The highest BCUT2D eigenvalue weighted by Crippen LogP contribution is 2.15. The van der Waals surface area contributed by atoms with Crippen LogP contribution in [0.5, 0.6) is 5.75 Å². The summed E-state index contributed by atoms with van der Waals surface area (Å²) in [6, 6.07) is 1.14. The Morgan fingerprint density at radius 1 is 1.67 bits per heavy atom. The summed E-state index contributed by atoms with van der Waals surface area (Å²) in [5, 5.41) is 17.5. The number of pyridine rings is 1. The van der Waals surface area contributed by atoms with Gasteiger partial charge < -0.3 is 10.2 Å². The van der Waals surface area contributed by atoms with Crippen molar-refractivity contribution in [2.45, 2.75) is 0 Å². The summed E-state index contributed by atoms with van der Waals surface area (Å²) in [7, 11) is 0. The number of rotatable bonds is 1. The zero-order chi connectivity index (χ0) is 9.14. The van der Waals surface area contributed by atoms with Crippen LogP contribution in [0.3, 0.4) is 0 Å². The lowest BCUT2D eigenvalue weighted by Gasteiger charge is -1.97. The first-order chi connectivity index (χ1) is 5.65. The molecule has 0 saturated carbocycles. The van der Waals surface area contributed by atoms with E-state index >= 15 is 0 Å². The van der Waals surface area contributed by atoms with Gasteiger partial charge in [-0.25, -0.2) is 9.78 Å². The molecule has 1 aromatic heterocycles. The molecule has 0 aromatic carbocycles. The van der Waals surface area contributed by atoms with E-state index in [2.05, 4.69) is 10.9 Å². The summed E-state index contributed by atoms with van der Waals surface area (Å²) in [5.41, 5.74) is -0.0526. The van der Waals surface area contributed by atoms with E-state index in [9.17, 15) is 4.79 Å². The van der Waals surface area contributed by atoms with Crippen molar-refractivity contribution in [3.8, 4) is 18.1 Å². The summed E-state index contributed by atoms with van der Waals surface area (Å²) < 4.78 is 0. The molecule has 4 nitrogen and oxygen atoms in total. The maximum Gasteiger partial charge on any atom is 0.339 e. The molecule has 0 amide bonds. The summed E-state index contributed by atoms with van der Waals surface area (Å²) in [4.78, 5) is 14.0. The number of aromatic carboxylic acids is 1. The van der Waals surface area contributed by atoms with Crippen LogP contribution in [0.25, 0.3) is 0 Å². The Labute approximate surface area is 68.5 Å². The largest absolute Gasteiger partial charge is 0.505 e. The Morgan fingerprint density at radius 3 is 2.83 bits per heavy atom. The fraction of sp³-hybridized carbons (Fsp3) is 0. The predicted octanol–water partition coefficient (Wildman–Crippen LogP) is 0.467. The van der Waals surface area contributed by atoms with Gasteiger partial charge in [-0.3, -0.25) is 0 Å². The zero-order valence-electron chi connectivity index (χ0n) is 5.98. The molecule has 0 atom stereocenters. The van der Waals surface area contributed by atoms with E-state index in [0.717, 1.165) is 12.3 Å². The van der Waals surface area contributed by atoms with Gasteiger partial charge in [0, 0.05) is 0 Å². The lowest BCUT2D eigenvalue weighted by Crippen LogP contribution is -1.98. The number of aromatic nitrogens is 1. The Bertz CT molecular complexity index is 365. The van der Waals surface area contributed by atoms with Gasteiger partial charge in [0.05, 0.1) is 6.20 Å². The van der Waals surface area contributed by atoms with Gasteiger partial charge in [0.1, 0.15) is 17.0 Å². The molecule has 0 bridgehead atoms. The molecule has 0 saturated heterocycles. The molecule has 1 rings (SSSR count). The van der Waals surface area contributed by atoms with E-state index in [-0.39, 0.29) is 17.0 Å². The second kappa shape index (κ2) is 2.93. The fourth-order valence-corrected chi connectivity index (χ4v) is 0.698. The fourth-order valence-electron chi connectivity index (χ4n) is 0.698. The number of carbonyl (C=O) groups is 1. The van der Waals surface area contributed by atoms with Crippen molar-refractivity contribution >= 4 is 5.97 Å². The van der Waals surface area contributed by atoms with Gasteiger partial charge in [-0.2, -0.15) is 0 Å². The highest BCUT2D eigenvalue weighted by molar-refractivity contribution is 5.90. The molecule has 0 unspecified atom stereocenters. The van der Waals surface area contributed by atoms with Crippen LogP contribution in [0, 0.1) is 12.3 Å². The van der Waals surface area contributed by atoms with Crippen LogP contribution in [0.1, 0.15) is 16.1 Å². The third kappa shape index (κ3) is 1.35. The maximum atomic E-state index is 10.4. The van der Waals surface area contributed by atoms with Gasteiger partial charge >= 0.3 is 5.97 Å². The van der Waals surface area contributed by atoms with Crippen molar-refractivity contribution < 1.29 is 15.0 Å². The Kier molecular flexibility index (Phi) is 1.97. The van der Waals surface area contributed by atoms with Crippen molar-refractivity contribution in [1.82, 2.24) is 4.98 Å². The van der Waals surface area contributed by atoms with E-state index in [1.807, 2.05) is 0 Å². The monoisotopic (exact) mass is 163 g/mol. The quantitative estimate of drug-likeness (QED) is 0.590. The zero-order valence-corrected chi connectivity index (χ0v) is 5.98. The van der Waals surface area contributed by atoms with Gasteiger partial charge in [0.25, 0.3) is 0 Å². The summed E-state index contributed by atoms with van der Waals surface area (Å²) >= 11 is 0. The normalized spacial score (nSPS) is 8.92. The first kappa shape index (κ1) is 8.08. The smallest absolute Gasteiger partial charge is 0.339 e. The molecule has 0 spiro atoms. The number of aromatic hydroxyl groups is 1. The minimum Gasteiger partial charge on any atom is -0.505 e. The highest BCUT2D eigenvalue weighted by atomic mass is 16.4. The lowest BCUT2D eigenvalue weighted by atomic mass is 10.2. The maximum absolute atomic E-state index is 10.4. The number of nitrogens with zero attached hydrogens (tertiary/aromatic N) is 1. The van der Waals surface area contributed by atoms with Crippen molar-refractivity contribution in [3.63, 3.8) is 0 Å². The second-order valence-electron chi connectivity index (χ2n) is 2.04. The van der Waals surface area contributed by atoms with Crippen molar-refractivity contribution in [3.05, 3.63) is 23.5 Å². The van der Waals surface area contributed by atoms with Gasteiger partial charge in [-0.1, -0.05) is 5.92 Å². The lowest BCUT2D eigenvalue weighted by molar-refractivity contribution is 0.0693. The molecule has 0 aliphatic heterocycles. The van der Waals surface area contributed by atoms with Crippen LogP contribution in [0.4, 0.5) is 0 Å². The van der Waals surface area contributed by atoms with E-state index in [0.29, 0.717) is 0 Å². The van der Waals surface area contributed by atoms with Crippen LogP contribution in [-0.4, -0.2) is 21.2 Å². The van der Waals surface area contributed by atoms with Crippen molar-refractivity contribution in [1.29, 1.82) is 0 Å². The van der Waals surface area contributed by atoms with E-state index in [4.69, 9.17) is 16.6 Å². The summed E-state index contributed by atoms with van der Waals surface area (Å²) in [6.45, 7) is 0. The molecule has 12 heavy (non-hydrogen) atoms. The molecule has 0 radical (unpaired) electrons. The van der Waals surface area contributed by atoms with E-state index in [1.54, 1.807) is 0 Å². The van der Waals surface area contributed by atoms with E-state index < -0.39 is 5.97 Å². The third-order valence-corrected chi connectivity index (χ3v) is 1.26. The Balaban J connectivity index is 3.28. The average molecular weight is 163 g/mol. The van der Waals surface area contributed by atoms with Crippen LogP contribution < -0.4 is 0 Å². The molecular formula is C8H5NO3. The van der Waals surface area contributed by atoms with Crippen LogP contribution in [-0.2, 0) is 0 Å². The first-order valence-corrected chi connectivity index (χ1v) is 3.04. The molecule has 0 aliphatic carbocycles. The van der Waals surface area contributed by atoms with Crippen molar-refractivity contribution in [2.24, 2.45) is 0 Å². The number of hydrogen-bond acceptors (Lipinski definition) is 3.